The van der Waals surface area contributed by atoms with Crippen molar-refractivity contribution >= 4 is 5.97 Å². The van der Waals surface area contributed by atoms with Crippen molar-refractivity contribution < 1.29 is 19.4 Å². The van der Waals surface area contributed by atoms with Gasteiger partial charge in [0.2, 0.25) is 0 Å². The number of fused-ring (bicyclic) bond motifs is 1. The molecule has 1 N–H and O–H groups in total. The van der Waals surface area contributed by atoms with E-state index in [0.717, 1.165) is 40.2 Å². The number of carbonyl (C=O) groups is 1. The van der Waals surface area contributed by atoms with Crippen LogP contribution in [0.3, 0.4) is 0 Å². The number of rotatable bonds is 7. The van der Waals surface area contributed by atoms with Gasteiger partial charge < -0.3 is 14.6 Å². The van der Waals surface area contributed by atoms with Crippen LogP contribution >= 0.6 is 0 Å². The average Bonchev–Trinajstić information content (AvgIpc) is 2.77. The molecule has 1 aliphatic heterocycles. The molecule has 0 amide bonds. The molecular weight excluding hydrogens is 378 g/mol. The number of carboxylic acid groups (broad SMARTS) is 1. The van der Waals surface area contributed by atoms with Gasteiger partial charge in [-0.2, -0.15) is 0 Å². The van der Waals surface area contributed by atoms with Crippen molar-refractivity contribution in [1.82, 2.24) is 4.90 Å². The Morgan fingerprint density at radius 3 is 2.53 bits per heavy atom. The van der Waals surface area contributed by atoms with Gasteiger partial charge in [-0.25, -0.2) is 0 Å². The molecule has 0 saturated carbocycles. The van der Waals surface area contributed by atoms with E-state index in [-0.39, 0.29) is 12.6 Å². The maximum Gasteiger partial charge on any atom is 0.317 e. The highest BCUT2D eigenvalue weighted by atomic mass is 16.5. The van der Waals surface area contributed by atoms with E-state index >= 15 is 0 Å². The Labute approximate surface area is 176 Å². The summed E-state index contributed by atoms with van der Waals surface area (Å²) < 4.78 is 11.8. The van der Waals surface area contributed by atoms with Crippen LogP contribution in [0.4, 0.5) is 0 Å². The highest BCUT2D eigenvalue weighted by molar-refractivity contribution is 5.69. The second-order valence-corrected chi connectivity index (χ2v) is 7.60. The zero-order valence-corrected chi connectivity index (χ0v) is 17.0. The van der Waals surface area contributed by atoms with E-state index in [1.807, 2.05) is 66.5 Å². The fraction of sp³-hybridized carbons (Fsp3) is 0.240. The van der Waals surface area contributed by atoms with Gasteiger partial charge in [0.05, 0.1) is 6.54 Å². The van der Waals surface area contributed by atoms with Crippen LogP contribution in [0.25, 0.3) is 11.1 Å². The lowest BCUT2D eigenvalue weighted by Crippen LogP contribution is -2.43. The van der Waals surface area contributed by atoms with Gasteiger partial charge in [0.1, 0.15) is 24.7 Å². The van der Waals surface area contributed by atoms with Crippen molar-refractivity contribution in [2.24, 2.45) is 0 Å². The Morgan fingerprint density at radius 2 is 1.80 bits per heavy atom. The van der Waals surface area contributed by atoms with Crippen LogP contribution in [0, 0.1) is 0 Å². The molecule has 0 aliphatic carbocycles. The third-order valence-electron chi connectivity index (χ3n) is 5.40. The topological polar surface area (TPSA) is 59.0 Å². The zero-order chi connectivity index (χ0) is 20.9. The van der Waals surface area contributed by atoms with Crippen molar-refractivity contribution in [3.05, 3.63) is 83.9 Å². The van der Waals surface area contributed by atoms with Crippen LogP contribution in [0.15, 0.2) is 72.8 Å². The lowest BCUT2D eigenvalue weighted by Gasteiger charge is -2.31. The number of aliphatic carboxylic acids is 1. The molecule has 4 rings (SSSR count). The molecule has 1 unspecified atom stereocenters. The second-order valence-electron chi connectivity index (χ2n) is 7.60. The number of carboxylic acids is 1. The Kier molecular flexibility index (Phi) is 6.00. The summed E-state index contributed by atoms with van der Waals surface area (Å²) in [6, 6.07) is 24.5. The SMILES string of the molecule is CN(CC(=O)O)C1COc2cc(-c3ccc(OCc4ccccc4)cc3)ccc2C1. The molecule has 0 radical (unpaired) electrons. The highest BCUT2D eigenvalue weighted by Gasteiger charge is 2.24. The maximum atomic E-state index is 10.9. The van der Waals surface area contributed by atoms with Gasteiger partial charge in [0, 0.05) is 6.04 Å². The van der Waals surface area contributed by atoms with Crippen LogP contribution in [0.5, 0.6) is 11.5 Å². The first-order valence-corrected chi connectivity index (χ1v) is 10.0. The number of likely N-dealkylation sites (N-methyl/N-ethyl adjacent to an activating group) is 1. The number of benzene rings is 3. The number of nitrogens with zero attached hydrogens (tertiary/aromatic N) is 1. The minimum Gasteiger partial charge on any atom is -0.492 e. The van der Waals surface area contributed by atoms with Crippen molar-refractivity contribution in [3.8, 4) is 22.6 Å². The third-order valence-corrected chi connectivity index (χ3v) is 5.40. The molecule has 3 aromatic rings. The summed E-state index contributed by atoms with van der Waals surface area (Å²) in [6.45, 7) is 1.05. The van der Waals surface area contributed by atoms with Crippen LogP contribution < -0.4 is 9.47 Å². The van der Waals surface area contributed by atoms with Crippen LogP contribution in [-0.4, -0.2) is 42.2 Å². The highest BCUT2D eigenvalue weighted by Crippen LogP contribution is 2.32. The van der Waals surface area contributed by atoms with Gasteiger partial charge in [0.25, 0.3) is 0 Å². The maximum absolute atomic E-state index is 10.9. The molecule has 5 nitrogen and oxygen atoms in total. The summed E-state index contributed by atoms with van der Waals surface area (Å²) in [6.07, 6.45) is 0.783. The summed E-state index contributed by atoms with van der Waals surface area (Å²) in [5, 5.41) is 8.99. The van der Waals surface area contributed by atoms with E-state index < -0.39 is 5.97 Å². The quantitative estimate of drug-likeness (QED) is 0.639. The molecule has 0 bridgehead atoms. The van der Waals surface area contributed by atoms with Crippen molar-refractivity contribution in [1.29, 1.82) is 0 Å². The molecule has 3 aromatic carbocycles. The van der Waals surface area contributed by atoms with Crippen molar-refractivity contribution in [2.45, 2.75) is 19.1 Å². The number of hydrogen-bond acceptors (Lipinski definition) is 4. The van der Waals surface area contributed by atoms with Gasteiger partial charge in [-0.1, -0.05) is 54.6 Å². The Hall–Kier alpha value is -3.31. The monoisotopic (exact) mass is 403 g/mol. The van der Waals surface area contributed by atoms with Crippen LogP contribution in [0.1, 0.15) is 11.1 Å². The van der Waals surface area contributed by atoms with E-state index in [4.69, 9.17) is 14.6 Å². The lowest BCUT2D eigenvalue weighted by molar-refractivity contribution is -0.138. The summed E-state index contributed by atoms with van der Waals surface area (Å²) in [5.74, 6) is 0.882. The van der Waals surface area contributed by atoms with E-state index in [1.165, 1.54) is 0 Å². The predicted octanol–water partition coefficient (Wildman–Crippen LogP) is 4.25. The van der Waals surface area contributed by atoms with E-state index in [0.29, 0.717) is 13.2 Å². The average molecular weight is 403 g/mol. The second kappa shape index (κ2) is 9.01. The molecule has 0 spiro atoms. The first-order chi connectivity index (χ1) is 14.6. The van der Waals surface area contributed by atoms with Crippen LogP contribution in [0.2, 0.25) is 0 Å². The molecule has 0 aromatic heterocycles. The van der Waals surface area contributed by atoms with Gasteiger partial charge in [-0.3, -0.25) is 9.69 Å². The molecule has 0 saturated heterocycles. The Morgan fingerprint density at radius 1 is 1.07 bits per heavy atom. The van der Waals surface area contributed by atoms with Gasteiger partial charge in [-0.15, -0.1) is 0 Å². The van der Waals surface area contributed by atoms with Crippen LogP contribution in [-0.2, 0) is 17.8 Å². The molecule has 0 fully saturated rings. The van der Waals surface area contributed by atoms with E-state index in [1.54, 1.807) is 0 Å². The number of ether oxygens (including phenoxy) is 2. The zero-order valence-electron chi connectivity index (χ0n) is 17.0. The summed E-state index contributed by atoms with van der Waals surface area (Å²) in [4.78, 5) is 12.8. The third kappa shape index (κ3) is 4.81. The van der Waals surface area contributed by atoms with E-state index in [2.05, 4.69) is 18.2 Å². The predicted molar refractivity (Wildman–Crippen MR) is 116 cm³/mol. The lowest BCUT2D eigenvalue weighted by atomic mass is 9.97. The molecule has 1 heterocycles. The standard InChI is InChI=1S/C25H25NO4/c1-26(15-25(27)28)22-13-21-8-7-20(14-24(21)30-17-22)19-9-11-23(12-10-19)29-16-18-5-3-2-4-6-18/h2-12,14,22H,13,15-17H2,1H3,(H,27,28). The van der Waals surface area contributed by atoms with Gasteiger partial charge >= 0.3 is 5.97 Å². The summed E-state index contributed by atoms with van der Waals surface area (Å²) in [7, 11) is 1.82. The van der Waals surface area contributed by atoms with Gasteiger partial charge in [0.15, 0.2) is 0 Å². The molecule has 5 heteroatoms. The fourth-order valence-corrected chi connectivity index (χ4v) is 3.65. The normalized spacial score (nSPS) is 15.3. The minimum absolute atomic E-state index is 0.0140. The first-order valence-electron chi connectivity index (χ1n) is 10.0. The molecular formula is C25H25NO4. The fourth-order valence-electron chi connectivity index (χ4n) is 3.65. The summed E-state index contributed by atoms with van der Waals surface area (Å²) in [5.41, 5.74) is 4.43. The molecule has 30 heavy (non-hydrogen) atoms. The Balaban J connectivity index is 1.41. The molecule has 1 atom stereocenters. The van der Waals surface area contributed by atoms with Crippen molar-refractivity contribution in [2.75, 3.05) is 20.2 Å². The number of hydrogen-bond donors (Lipinski definition) is 1. The van der Waals surface area contributed by atoms with Gasteiger partial charge in [-0.05, 0) is 53.9 Å². The van der Waals surface area contributed by atoms with Crippen molar-refractivity contribution in [3.63, 3.8) is 0 Å². The first kappa shape index (κ1) is 20.0. The van der Waals surface area contributed by atoms with E-state index in [9.17, 15) is 4.79 Å². The minimum atomic E-state index is -0.824. The summed E-state index contributed by atoms with van der Waals surface area (Å²) >= 11 is 0. The molecule has 1 aliphatic rings. The Bertz CT molecular complexity index is 1000. The largest absolute Gasteiger partial charge is 0.492 e. The molecule has 154 valence electrons. The smallest absolute Gasteiger partial charge is 0.317 e.